The Balaban J connectivity index is 0.000000265. The largest absolute Gasteiger partial charge is 0.333 e. The molecule has 0 spiro atoms. The fraction of sp³-hybridized carbons (Fsp3) is 0.615. The number of rotatable bonds is 0. The molecular weight excluding hydrogens is 234 g/mol. The van der Waals surface area contributed by atoms with E-state index in [1.165, 1.54) is 45.8 Å². The van der Waals surface area contributed by atoms with Gasteiger partial charge in [0.2, 0.25) is 0 Å². The highest BCUT2D eigenvalue weighted by atomic mass is 35.5. The zero-order valence-corrected chi connectivity index (χ0v) is 11.6. The molecule has 1 aliphatic rings. The van der Waals surface area contributed by atoms with E-state index in [0.29, 0.717) is 5.15 Å². The van der Waals surface area contributed by atoms with Crippen LogP contribution in [0.1, 0.15) is 31.2 Å². The van der Waals surface area contributed by atoms with Crippen molar-refractivity contribution in [2.45, 2.75) is 32.6 Å². The molecule has 0 saturated carbocycles. The van der Waals surface area contributed by atoms with Crippen LogP contribution in [-0.4, -0.2) is 25.1 Å². The molecule has 0 bridgehead atoms. The summed E-state index contributed by atoms with van der Waals surface area (Å²) in [5.41, 5.74) is 5.63. The number of nitrogens with one attached hydrogen (secondary N) is 1. The molecule has 1 aromatic heterocycles. The monoisotopic (exact) mass is 257 g/mol. The molecule has 4 heteroatoms. The van der Waals surface area contributed by atoms with Gasteiger partial charge in [0, 0.05) is 6.20 Å². The van der Waals surface area contributed by atoms with Crippen LogP contribution in [-0.2, 0) is 0 Å². The Morgan fingerprint density at radius 1 is 1.12 bits per heavy atom. The third kappa shape index (κ3) is 10.2. The quantitative estimate of drug-likeness (QED) is 0.703. The van der Waals surface area contributed by atoms with Gasteiger partial charge in [-0.05, 0) is 51.5 Å². The number of hydrogen-bond acceptors (Lipinski definition) is 3. The van der Waals surface area contributed by atoms with Crippen LogP contribution in [0.5, 0.6) is 0 Å². The molecule has 0 atom stereocenters. The third-order valence-electron chi connectivity index (χ3n) is 2.33. The van der Waals surface area contributed by atoms with Crippen molar-refractivity contribution in [1.29, 1.82) is 0 Å². The first-order valence-corrected chi connectivity index (χ1v) is 6.53. The van der Waals surface area contributed by atoms with Crippen molar-refractivity contribution in [2.75, 3.05) is 20.1 Å². The molecule has 1 fully saturated rings. The molecule has 17 heavy (non-hydrogen) atoms. The SMILES string of the molecule is C1CCCNCC1.CN.Cc1ccc(Cl)nc1. The number of aromatic nitrogens is 1. The van der Waals surface area contributed by atoms with Crippen molar-refractivity contribution >= 4 is 11.6 Å². The third-order valence-corrected chi connectivity index (χ3v) is 2.56. The molecule has 0 aliphatic carbocycles. The molecule has 2 rings (SSSR count). The van der Waals surface area contributed by atoms with Crippen molar-refractivity contribution < 1.29 is 0 Å². The molecule has 0 amide bonds. The van der Waals surface area contributed by atoms with Crippen LogP contribution in [0.25, 0.3) is 0 Å². The molecule has 0 radical (unpaired) electrons. The molecular formula is C13H24ClN3. The number of hydrogen-bond donors (Lipinski definition) is 2. The zero-order valence-electron chi connectivity index (χ0n) is 10.9. The fourth-order valence-electron chi connectivity index (χ4n) is 1.43. The average molecular weight is 258 g/mol. The van der Waals surface area contributed by atoms with Gasteiger partial charge in [-0.15, -0.1) is 0 Å². The van der Waals surface area contributed by atoms with E-state index in [4.69, 9.17) is 11.6 Å². The Labute approximate surface area is 110 Å². The highest BCUT2D eigenvalue weighted by Crippen LogP contribution is 2.02. The summed E-state index contributed by atoms with van der Waals surface area (Å²) in [7, 11) is 1.50. The van der Waals surface area contributed by atoms with Gasteiger partial charge in [0.1, 0.15) is 5.15 Å². The second-order valence-corrected chi connectivity index (χ2v) is 4.21. The Morgan fingerprint density at radius 2 is 1.71 bits per heavy atom. The van der Waals surface area contributed by atoms with Crippen molar-refractivity contribution in [3.63, 3.8) is 0 Å². The highest BCUT2D eigenvalue weighted by molar-refractivity contribution is 6.29. The van der Waals surface area contributed by atoms with Gasteiger partial charge >= 0.3 is 0 Å². The maximum atomic E-state index is 5.50. The molecule has 98 valence electrons. The molecule has 1 saturated heterocycles. The van der Waals surface area contributed by atoms with E-state index in [2.05, 4.69) is 16.0 Å². The van der Waals surface area contributed by atoms with Crippen LogP contribution in [0.15, 0.2) is 18.3 Å². The Kier molecular flexibility index (Phi) is 11.4. The van der Waals surface area contributed by atoms with Gasteiger partial charge in [-0.3, -0.25) is 0 Å². The smallest absolute Gasteiger partial charge is 0.129 e. The summed E-state index contributed by atoms with van der Waals surface area (Å²) in [6, 6.07) is 3.70. The van der Waals surface area contributed by atoms with Crippen molar-refractivity contribution in [1.82, 2.24) is 10.3 Å². The van der Waals surface area contributed by atoms with E-state index in [1.807, 2.05) is 13.0 Å². The maximum absolute atomic E-state index is 5.50. The first-order valence-electron chi connectivity index (χ1n) is 6.15. The Hall–Kier alpha value is -0.640. The van der Waals surface area contributed by atoms with E-state index in [1.54, 1.807) is 12.3 Å². The van der Waals surface area contributed by atoms with Crippen LogP contribution >= 0.6 is 11.6 Å². The predicted molar refractivity (Wildman–Crippen MR) is 75.4 cm³/mol. The van der Waals surface area contributed by atoms with Gasteiger partial charge in [0.05, 0.1) is 0 Å². The summed E-state index contributed by atoms with van der Waals surface area (Å²) < 4.78 is 0. The topological polar surface area (TPSA) is 50.9 Å². The lowest BCUT2D eigenvalue weighted by molar-refractivity contribution is 0.702. The van der Waals surface area contributed by atoms with Crippen molar-refractivity contribution in [3.05, 3.63) is 29.0 Å². The number of halogens is 1. The number of nitrogens with zero attached hydrogens (tertiary/aromatic N) is 1. The summed E-state index contributed by atoms with van der Waals surface area (Å²) in [6.07, 6.45) is 7.39. The van der Waals surface area contributed by atoms with Crippen LogP contribution in [0.2, 0.25) is 5.15 Å². The lowest BCUT2D eigenvalue weighted by atomic mass is 10.2. The molecule has 0 unspecified atom stereocenters. The fourth-order valence-corrected chi connectivity index (χ4v) is 1.54. The molecule has 2 heterocycles. The maximum Gasteiger partial charge on any atom is 0.129 e. The van der Waals surface area contributed by atoms with E-state index >= 15 is 0 Å². The number of pyridine rings is 1. The van der Waals surface area contributed by atoms with Crippen LogP contribution < -0.4 is 11.1 Å². The Morgan fingerprint density at radius 3 is 2.12 bits per heavy atom. The van der Waals surface area contributed by atoms with Gasteiger partial charge in [0.25, 0.3) is 0 Å². The van der Waals surface area contributed by atoms with Gasteiger partial charge in [-0.1, -0.05) is 30.5 Å². The minimum Gasteiger partial charge on any atom is -0.333 e. The summed E-state index contributed by atoms with van der Waals surface area (Å²) in [4.78, 5) is 3.84. The highest BCUT2D eigenvalue weighted by Gasteiger charge is 1.94. The summed E-state index contributed by atoms with van der Waals surface area (Å²) in [5.74, 6) is 0. The lowest BCUT2D eigenvalue weighted by Gasteiger charge is -1.91. The van der Waals surface area contributed by atoms with E-state index in [-0.39, 0.29) is 0 Å². The van der Waals surface area contributed by atoms with Crippen LogP contribution in [0.4, 0.5) is 0 Å². The van der Waals surface area contributed by atoms with E-state index in [9.17, 15) is 0 Å². The zero-order chi connectivity index (χ0) is 12.9. The minimum absolute atomic E-state index is 0.551. The summed E-state index contributed by atoms with van der Waals surface area (Å²) in [5, 5.41) is 3.90. The minimum atomic E-state index is 0.551. The van der Waals surface area contributed by atoms with Crippen molar-refractivity contribution in [3.8, 4) is 0 Å². The van der Waals surface area contributed by atoms with Gasteiger partial charge < -0.3 is 11.1 Å². The van der Waals surface area contributed by atoms with Crippen LogP contribution in [0, 0.1) is 6.92 Å². The molecule has 3 nitrogen and oxygen atoms in total. The molecule has 3 N–H and O–H groups in total. The first-order chi connectivity index (χ1) is 8.29. The summed E-state index contributed by atoms with van der Waals surface area (Å²) in [6.45, 7) is 4.48. The van der Waals surface area contributed by atoms with Crippen LogP contribution in [0.3, 0.4) is 0 Å². The van der Waals surface area contributed by atoms with Gasteiger partial charge in [-0.25, -0.2) is 4.98 Å². The van der Waals surface area contributed by atoms with Crippen molar-refractivity contribution in [2.24, 2.45) is 5.73 Å². The van der Waals surface area contributed by atoms with Gasteiger partial charge in [-0.2, -0.15) is 0 Å². The molecule has 1 aromatic rings. The van der Waals surface area contributed by atoms with Gasteiger partial charge in [0.15, 0.2) is 0 Å². The first kappa shape index (κ1) is 16.4. The van der Waals surface area contributed by atoms with E-state index < -0.39 is 0 Å². The second kappa shape index (κ2) is 11.8. The standard InChI is InChI=1S/C6H6ClN.C6H13N.CH5N/c1-5-2-3-6(7)8-4-5;1-2-4-6-7-5-3-1;1-2/h2-4H,1H3;7H,1-6H2;2H2,1H3. The molecule has 0 aromatic carbocycles. The number of aryl methyl sites for hydroxylation is 1. The Bertz CT molecular complexity index is 221. The average Bonchev–Trinajstić information content (AvgIpc) is 2.68. The second-order valence-electron chi connectivity index (χ2n) is 3.82. The van der Waals surface area contributed by atoms with E-state index in [0.717, 1.165) is 5.56 Å². The lowest BCUT2D eigenvalue weighted by Crippen LogP contribution is -2.12. The normalized spacial score (nSPS) is 14.6. The predicted octanol–water partition coefficient (Wildman–Crippen LogP) is 2.77. The molecule has 1 aliphatic heterocycles. The summed E-state index contributed by atoms with van der Waals surface area (Å²) >= 11 is 5.50. The number of nitrogens with two attached hydrogens (primary N) is 1.